The Bertz CT molecular complexity index is 907. The van der Waals surface area contributed by atoms with Gasteiger partial charge in [-0.3, -0.25) is 4.79 Å². The van der Waals surface area contributed by atoms with Crippen LogP contribution in [0.25, 0.3) is 0 Å². The lowest BCUT2D eigenvalue weighted by Gasteiger charge is -2.12. The van der Waals surface area contributed by atoms with Crippen LogP contribution in [0.1, 0.15) is 29.6 Å². The lowest BCUT2D eigenvalue weighted by Crippen LogP contribution is -2.21. The molecule has 0 spiro atoms. The van der Waals surface area contributed by atoms with E-state index in [2.05, 4.69) is 5.32 Å². The topological polar surface area (TPSA) is 92.3 Å². The van der Waals surface area contributed by atoms with E-state index in [1.807, 2.05) is 0 Å². The quantitative estimate of drug-likeness (QED) is 0.679. The summed E-state index contributed by atoms with van der Waals surface area (Å²) in [5.74, 6) is 0.845. The molecule has 2 aromatic rings. The highest BCUT2D eigenvalue weighted by Crippen LogP contribution is 2.32. The highest BCUT2D eigenvalue weighted by atomic mass is 16.5. The number of carbonyl (C=O) groups excluding carboxylic acids is 2. The van der Waals surface area contributed by atoms with E-state index in [1.165, 1.54) is 0 Å². The van der Waals surface area contributed by atoms with Crippen molar-refractivity contribution in [1.82, 2.24) is 0 Å². The molecule has 1 unspecified atom stereocenters. The van der Waals surface area contributed by atoms with E-state index in [0.717, 1.165) is 25.9 Å². The van der Waals surface area contributed by atoms with E-state index in [1.54, 1.807) is 42.5 Å². The van der Waals surface area contributed by atoms with Crippen LogP contribution in [0.2, 0.25) is 0 Å². The predicted octanol–water partition coefficient (Wildman–Crippen LogP) is 3.20. The second-order valence-corrected chi connectivity index (χ2v) is 7.31. The van der Waals surface area contributed by atoms with Crippen LogP contribution >= 0.6 is 0 Å². The van der Waals surface area contributed by atoms with Crippen molar-refractivity contribution >= 4 is 17.6 Å². The summed E-state index contributed by atoms with van der Waals surface area (Å²) < 4.78 is 27.5. The van der Waals surface area contributed by atoms with Gasteiger partial charge in [-0.1, -0.05) is 0 Å². The molecule has 0 saturated carbocycles. The predicted molar refractivity (Wildman–Crippen MR) is 112 cm³/mol. The largest absolute Gasteiger partial charge is 0.491 e. The molecule has 164 valence electrons. The van der Waals surface area contributed by atoms with Crippen LogP contribution in [0, 0.1) is 0 Å². The average Bonchev–Trinajstić information content (AvgIpc) is 3.20. The number of ether oxygens (including phenoxy) is 5. The maximum Gasteiger partial charge on any atom is 0.338 e. The van der Waals surface area contributed by atoms with Crippen molar-refractivity contribution in [3.8, 4) is 17.2 Å². The van der Waals surface area contributed by atoms with Crippen molar-refractivity contribution in [2.45, 2.75) is 25.4 Å². The van der Waals surface area contributed by atoms with E-state index < -0.39 is 18.5 Å². The third-order valence-corrected chi connectivity index (χ3v) is 4.92. The van der Waals surface area contributed by atoms with Gasteiger partial charge in [0.25, 0.3) is 5.91 Å². The van der Waals surface area contributed by atoms with Gasteiger partial charge < -0.3 is 29.0 Å². The molecular formula is C23H25NO7. The van der Waals surface area contributed by atoms with Crippen molar-refractivity contribution in [3.63, 3.8) is 0 Å². The van der Waals surface area contributed by atoms with Crippen molar-refractivity contribution in [2.24, 2.45) is 0 Å². The van der Waals surface area contributed by atoms with Gasteiger partial charge in [0.2, 0.25) is 0 Å². The standard InChI is InChI=1S/C23H25NO7/c25-22(24-17-6-9-20-21(13-17)29-12-2-11-28-20)15-31-23(26)16-4-7-18(8-5-16)30-14-19-3-1-10-27-19/h4-9,13,19H,1-3,10-12,14-15H2,(H,24,25). The summed E-state index contributed by atoms with van der Waals surface area (Å²) in [6, 6.07) is 11.7. The van der Waals surface area contributed by atoms with Gasteiger partial charge >= 0.3 is 5.97 Å². The summed E-state index contributed by atoms with van der Waals surface area (Å²) >= 11 is 0. The average molecular weight is 427 g/mol. The van der Waals surface area contributed by atoms with Crippen molar-refractivity contribution < 1.29 is 33.3 Å². The van der Waals surface area contributed by atoms with Crippen molar-refractivity contribution in [3.05, 3.63) is 48.0 Å². The van der Waals surface area contributed by atoms with E-state index in [-0.39, 0.29) is 6.10 Å². The summed E-state index contributed by atoms with van der Waals surface area (Å²) in [5, 5.41) is 2.69. The van der Waals surface area contributed by atoms with Crippen molar-refractivity contribution in [1.29, 1.82) is 0 Å². The first kappa shape index (κ1) is 21.0. The fourth-order valence-corrected chi connectivity index (χ4v) is 3.30. The zero-order chi connectivity index (χ0) is 21.5. The molecule has 8 nitrogen and oxygen atoms in total. The molecular weight excluding hydrogens is 402 g/mol. The number of hydrogen-bond donors (Lipinski definition) is 1. The lowest BCUT2D eigenvalue weighted by molar-refractivity contribution is -0.119. The summed E-state index contributed by atoms with van der Waals surface area (Å²) in [6.45, 7) is 2.02. The Morgan fingerprint density at radius 1 is 0.968 bits per heavy atom. The Kier molecular flexibility index (Phi) is 6.89. The first-order valence-electron chi connectivity index (χ1n) is 10.4. The van der Waals surface area contributed by atoms with Gasteiger partial charge in [-0.25, -0.2) is 4.79 Å². The molecule has 2 aliphatic rings. The molecule has 4 rings (SSSR count). The van der Waals surface area contributed by atoms with E-state index in [9.17, 15) is 9.59 Å². The number of nitrogens with one attached hydrogen (secondary N) is 1. The zero-order valence-corrected chi connectivity index (χ0v) is 17.1. The maximum absolute atomic E-state index is 12.2. The second kappa shape index (κ2) is 10.2. The third-order valence-electron chi connectivity index (χ3n) is 4.92. The van der Waals surface area contributed by atoms with E-state index in [4.69, 9.17) is 23.7 Å². The van der Waals surface area contributed by atoms with E-state index in [0.29, 0.717) is 48.3 Å². The van der Waals surface area contributed by atoms with Crippen LogP contribution in [0.4, 0.5) is 5.69 Å². The maximum atomic E-state index is 12.2. The normalized spacial score (nSPS) is 17.5. The molecule has 2 aromatic carbocycles. The minimum atomic E-state index is -0.584. The van der Waals surface area contributed by atoms with Gasteiger partial charge in [-0.15, -0.1) is 0 Å². The Balaban J connectivity index is 1.23. The minimum Gasteiger partial charge on any atom is -0.491 e. The Hall–Kier alpha value is -3.26. The molecule has 1 atom stereocenters. The Labute approximate surface area is 180 Å². The highest BCUT2D eigenvalue weighted by Gasteiger charge is 2.17. The van der Waals surface area contributed by atoms with Gasteiger partial charge in [0.1, 0.15) is 12.4 Å². The number of fused-ring (bicyclic) bond motifs is 1. The molecule has 1 saturated heterocycles. The minimum absolute atomic E-state index is 0.127. The summed E-state index contributed by atoms with van der Waals surface area (Å²) in [4.78, 5) is 24.4. The van der Waals surface area contributed by atoms with Gasteiger partial charge in [0.15, 0.2) is 18.1 Å². The molecule has 0 radical (unpaired) electrons. The molecule has 1 N–H and O–H groups in total. The van der Waals surface area contributed by atoms with Gasteiger partial charge in [0.05, 0.1) is 24.9 Å². The summed E-state index contributed by atoms with van der Waals surface area (Å²) in [5.41, 5.74) is 0.880. The molecule has 2 heterocycles. The van der Waals surface area contributed by atoms with Gasteiger partial charge in [-0.05, 0) is 49.2 Å². The molecule has 0 aromatic heterocycles. The van der Waals surface area contributed by atoms with Crippen LogP contribution in [0.3, 0.4) is 0 Å². The number of amides is 1. The second-order valence-electron chi connectivity index (χ2n) is 7.31. The Morgan fingerprint density at radius 3 is 2.55 bits per heavy atom. The smallest absolute Gasteiger partial charge is 0.338 e. The first-order valence-corrected chi connectivity index (χ1v) is 10.4. The zero-order valence-electron chi connectivity index (χ0n) is 17.1. The number of hydrogen-bond acceptors (Lipinski definition) is 7. The number of anilines is 1. The lowest BCUT2D eigenvalue weighted by atomic mass is 10.2. The molecule has 2 aliphatic heterocycles. The van der Waals surface area contributed by atoms with Crippen LogP contribution in [0.15, 0.2) is 42.5 Å². The Morgan fingerprint density at radius 2 is 1.77 bits per heavy atom. The van der Waals surface area contributed by atoms with Gasteiger partial charge in [-0.2, -0.15) is 0 Å². The molecule has 1 amide bonds. The fourth-order valence-electron chi connectivity index (χ4n) is 3.30. The highest BCUT2D eigenvalue weighted by molar-refractivity contribution is 5.95. The number of benzene rings is 2. The fraction of sp³-hybridized carbons (Fsp3) is 0.391. The molecule has 0 aliphatic carbocycles. The van der Waals surface area contributed by atoms with Crippen LogP contribution < -0.4 is 19.5 Å². The molecule has 1 fully saturated rings. The van der Waals surface area contributed by atoms with Crippen molar-refractivity contribution in [2.75, 3.05) is 38.4 Å². The number of esters is 1. The summed E-state index contributed by atoms with van der Waals surface area (Å²) in [7, 11) is 0. The molecule has 31 heavy (non-hydrogen) atoms. The summed E-state index contributed by atoms with van der Waals surface area (Å²) in [6.07, 6.45) is 2.98. The van der Waals surface area contributed by atoms with Crippen LogP contribution in [-0.4, -0.2) is 51.0 Å². The first-order chi connectivity index (χ1) is 15.2. The monoisotopic (exact) mass is 427 g/mol. The van der Waals surface area contributed by atoms with Crippen LogP contribution in [0.5, 0.6) is 17.2 Å². The SMILES string of the molecule is O=C(COC(=O)c1ccc(OCC2CCCO2)cc1)Nc1ccc2c(c1)OCCCO2. The van der Waals surface area contributed by atoms with Gasteiger partial charge in [0, 0.05) is 24.8 Å². The third kappa shape index (κ3) is 5.88. The number of rotatable bonds is 7. The van der Waals surface area contributed by atoms with Crippen LogP contribution in [-0.2, 0) is 14.3 Å². The molecule has 0 bridgehead atoms. The number of carbonyl (C=O) groups is 2. The van der Waals surface area contributed by atoms with E-state index >= 15 is 0 Å². The molecule has 8 heteroatoms.